The quantitative estimate of drug-likeness (QED) is 0.577. The van der Waals surface area contributed by atoms with Crippen LogP contribution in [-0.4, -0.2) is 41.4 Å². The molecule has 2 atom stereocenters. The molecule has 0 aromatic rings. The molecule has 3 heterocycles. The first-order valence-corrected chi connectivity index (χ1v) is 4.58. The van der Waals surface area contributed by atoms with Crippen LogP contribution in [0.15, 0.2) is 12.1 Å². The van der Waals surface area contributed by atoms with E-state index in [9.17, 15) is 4.79 Å². The fraction of sp³-hybridized carbons (Fsp3) is 0.667. The molecule has 2 bridgehead atoms. The predicted molar refractivity (Wildman–Crippen MR) is 47.6 cm³/mol. The van der Waals surface area contributed by atoms with Crippen LogP contribution in [0.1, 0.15) is 13.8 Å². The summed E-state index contributed by atoms with van der Waals surface area (Å²) in [5.41, 5.74) is 0. The van der Waals surface area contributed by atoms with Crippen molar-refractivity contribution >= 4 is 6.47 Å². The molecule has 3 rings (SSSR count). The molecule has 0 aromatic heterocycles. The average molecular weight is 182 g/mol. The van der Waals surface area contributed by atoms with Gasteiger partial charge in [-0.2, -0.15) is 0 Å². The number of nitrogens with zero attached hydrogens (tertiary/aromatic N) is 2. The topological polar surface area (TPSA) is 32.8 Å². The molecular formula is C9H14N2O2. The van der Waals surface area contributed by atoms with E-state index in [2.05, 4.69) is 23.6 Å². The van der Waals surface area contributed by atoms with Gasteiger partial charge < -0.3 is 14.5 Å². The molecule has 0 amide bonds. The second-order valence-electron chi connectivity index (χ2n) is 3.59. The van der Waals surface area contributed by atoms with Crippen molar-refractivity contribution in [2.75, 3.05) is 13.1 Å². The molecule has 1 fully saturated rings. The lowest BCUT2D eigenvalue weighted by atomic mass is 10.0. The van der Waals surface area contributed by atoms with Crippen molar-refractivity contribution < 1.29 is 9.53 Å². The van der Waals surface area contributed by atoms with Gasteiger partial charge in [0.1, 0.15) is 0 Å². The number of carbonyl (C=O) groups excluding carboxylic acids is 1. The summed E-state index contributed by atoms with van der Waals surface area (Å²) >= 11 is 0. The number of carbonyl (C=O) groups is 1. The molecule has 0 aliphatic carbocycles. The van der Waals surface area contributed by atoms with Gasteiger partial charge in [0.2, 0.25) is 5.88 Å². The Morgan fingerprint density at radius 1 is 1.46 bits per heavy atom. The summed E-state index contributed by atoms with van der Waals surface area (Å²) in [6.45, 7) is 6.80. The Morgan fingerprint density at radius 2 is 2.23 bits per heavy atom. The van der Waals surface area contributed by atoms with Gasteiger partial charge in [-0.1, -0.05) is 0 Å². The Kier molecular flexibility index (Phi) is 1.90. The maximum atomic E-state index is 10.2. The molecule has 3 aliphatic heterocycles. The lowest BCUT2D eigenvalue weighted by Crippen LogP contribution is -2.59. The molecule has 4 nitrogen and oxygen atoms in total. The minimum Gasteiger partial charge on any atom is -0.410 e. The first-order valence-electron chi connectivity index (χ1n) is 4.58. The Morgan fingerprint density at radius 3 is 2.85 bits per heavy atom. The van der Waals surface area contributed by atoms with Crippen LogP contribution in [0.2, 0.25) is 0 Å². The molecule has 0 aromatic carbocycles. The molecule has 3 aliphatic rings. The predicted octanol–water partition coefficient (Wildman–Crippen LogP) is 0.367. The fourth-order valence-electron chi connectivity index (χ4n) is 2.02. The number of piperazine rings is 1. The van der Waals surface area contributed by atoms with Crippen molar-refractivity contribution in [2.45, 2.75) is 25.9 Å². The van der Waals surface area contributed by atoms with Crippen molar-refractivity contribution in [1.82, 2.24) is 9.80 Å². The second-order valence-corrected chi connectivity index (χ2v) is 3.59. The van der Waals surface area contributed by atoms with Crippen LogP contribution in [0.4, 0.5) is 0 Å². The molecule has 0 radical (unpaired) electrons. The SMILES string of the molecule is CC1C(C)N2CCN1C=C2OC=O. The first-order chi connectivity index (χ1) is 6.24. The Labute approximate surface area is 77.8 Å². The van der Waals surface area contributed by atoms with Gasteiger partial charge in [-0.15, -0.1) is 0 Å². The van der Waals surface area contributed by atoms with Gasteiger partial charge >= 0.3 is 0 Å². The van der Waals surface area contributed by atoms with E-state index < -0.39 is 0 Å². The van der Waals surface area contributed by atoms with E-state index >= 15 is 0 Å². The summed E-state index contributed by atoms with van der Waals surface area (Å²) in [6.07, 6.45) is 1.92. The van der Waals surface area contributed by atoms with E-state index in [1.807, 2.05) is 6.20 Å². The van der Waals surface area contributed by atoms with Crippen molar-refractivity contribution in [1.29, 1.82) is 0 Å². The molecule has 1 saturated heterocycles. The molecule has 0 N–H and O–H groups in total. The van der Waals surface area contributed by atoms with Crippen molar-refractivity contribution in [2.24, 2.45) is 0 Å². The number of ether oxygens (including phenoxy) is 1. The average Bonchev–Trinajstić information content (AvgIpc) is 2.14. The minimum atomic E-state index is 0.425. The van der Waals surface area contributed by atoms with Gasteiger partial charge in [0.15, 0.2) is 0 Å². The number of hydrogen-bond acceptors (Lipinski definition) is 4. The third kappa shape index (κ3) is 1.17. The van der Waals surface area contributed by atoms with E-state index in [0.717, 1.165) is 13.1 Å². The van der Waals surface area contributed by atoms with Crippen molar-refractivity contribution in [3.05, 3.63) is 12.1 Å². The van der Waals surface area contributed by atoms with Crippen LogP contribution in [0, 0.1) is 0 Å². The molecule has 72 valence electrons. The van der Waals surface area contributed by atoms with E-state index in [4.69, 9.17) is 4.74 Å². The molecule has 0 spiro atoms. The van der Waals surface area contributed by atoms with Crippen LogP contribution >= 0.6 is 0 Å². The monoisotopic (exact) mass is 182 g/mol. The van der Waals surface area contributed by atoms with E-state index in [-0.39, 0.29) is 0 Å². The molecule has 0 saturated carbocycles. The fourth-order valence-corrected chi connectivity index (χ4v) is 2.02. The third-order valence-electron chi connectivity index (χ3n) is 3.04. The molecular weight excluding hydrogens is 168 g/mol. The Balaban J connectivity index is 2.23. The summed E-state index contributed by atoms with van der Waals surface area (Å²) in [7, 11) is 0. The van der Waals surface area contributed by atoms with E-state index in [0.29, 0.717) is 24.4 Å². The highest BCUT2D eigenvalue weighted by Crippen LogP contribution is 2.27. The minimum absolute atomic E-state index is 0.425. The highest BCUT2D eigenvalue weighted by Gasteiger charge is 2.36. The van der Waals surface area contributed by atoms with Crippen LogP contribution in [0.5, 0.6) is 0 Å². The van der Waals surface area contributed by atoms with Crippen LogP contribution in [0.3, 0.4) is 0 Å². The van der Waals surface area contributed by atoms with Gasteiger partial charge in [0.25, 0.3) is 6.47 Å². The van der Waals surface area contributed by atoms with E-state index in [1.54, 1.807) is 0 Å². The number of hydrogen-bond donors (Lipinski definition) is 0. The third-order valence-corrected chi connectivity index (χ3v) is 3.04. The Bertz CT molecular complexity index is 252. The highest BCUT2D eigenvalue weighted by atomic mass is 16.5. The summed E-state index contributed by atoms with van der Waals surface area (Å²) in [5.74, 6) is 0.687. The number of rotatable bonds is 2. The van der Waals surface area contributed by atoms with Crippen LogP contribution in [0.25, 0.3) is 0 Å². The highest BCUT2D eigenvalue weighted by molar-refractivity contribution is 5.40. The molecule has 13 heavy (non-hydrogen) atoms. The summed E-state index contributed by atoms with van der Waals surface area (Å²) in [4.78, 5) is 14.6. The lowest BCUT2D eigenvalue weighted by Gasteiger charge is -2.50. The van der Waals surface area contributed by atoms with E-state index in [1.165, 1.54) is 0 Å². The van der Waals surface area contributed by atoms with Crippen molar-refractivity contribution in [3.8, 4) is 0 Å². The molecule has 2 unspecified atom stereocenters. The molecule has 4 heteroatoms. The first kappa shape index (κ1) is 8.41. The normalized spacial score (nSPS) is 31.7. The summed E-state index contributed by atoms with van der Waals surface area (Å²) in [5, 5.41) is 0. The zero-order valence-corrected chi connectivity index (χ0v) is 7.93. The smallest absolute Gasteiger partial charge is 0.299 e. The van der Waals surface area contributed by atoms with Gasteiger partial charge in [0.05, 0.1) is 6.20 Å². The van der Waals surface area contributed by atoms with Crippen molar-refractivity contribution in [3.63, 3.8) is 0 Å². The van der Waals surface area contributed by atoms with Crippen LogP contribution < -0.4 is 0 Å². The summed E-state index contributed by atoms with van der Waals surface area (Å²) in [6, 6.07) is 0.932. The lowest BCUT2D eigenvalue weighted by molar-refractivity contribution is -0.130. The maximum absolute atomic E-state index is 10.2. The number of fused-ring (bicyclic) bond motifs is 2. The standard InChI is InChI=1S/C9H14N2O2/c1-7-8(2)11-4-3-10(7)5-9(11)13-6-12/h5-8H,3-4H2,1-2H3. The largest absolute Gasteiger partial charge is 0.410 e. The van der Waals surface area contributed by atoms with Crippen LogP contribution in [-0.2, 0) is 9.53 Å². The summed E-state index contributed by atoms with van der Waals surface area (Å²) < 4.78 is 4.90. The Hall–Kier alpha value is -1.19. The van der Waals surface area contributed by atoms with Gasteiger partial charge in [-0.3, -0.25) is 4.79 Å². The zero-order valence-electron chi connectivity index (χ0n) is 7.93. The van der Waals surface area contributed by atoms with Gasteiger partial charge in [-0.05, 0) is 13.8 Å². The van der Waals surface area contributed by atoms with Gasteiger partial charge in [-0.25, -0.2) is 0 Å². The zero-order chi connectivity index (χ0) is 9.42. The second kappa shape index (κ2) is 2.94. The van der Waals surface area contributed by atoms with Gasteiger partial charge in [0, 0.05) is 25.2 Å². The maximum Gasteiger partial charge on any atom is 0.299 e.